The van der Waals surface area contributed by atoms with Crippen molar-refractivity contribution in [3.63, 3.8) is 0 Å². The Morgan fingerprint density at radius 2 is 2.03 bits per heavy atom. The van der Waals surface area contributed by atoms with Crippen LogP contribution in [0.1, 0.15) is 24.1 Å². The first-order chi connectivity index (χ1) is 17.4. The van der Waals surface area contributed by atoms with Gasteiger partial charge in [0.2, 0.25) is 0 Å². The standard InChI is InChI=1S/C26H22ClN3O5S/c1-16-22(25(32)35-13-12-33-2)23(18-6-8-19(27)9-7-18)30-24(31)21(36-26(30)29-16)15-17-4-3-5-20(14-17)34-11-10-28/h3-9,14-15,23H,11-13H2,1-2H3. The van der Waals surface area contributed by atoms with Crippen LogP contribution in [0.4, 0.5) is 0 Å². The molecule has 2 heterocycles. The molecule has 1 atom stereocenters. The lowest BCUT2D eigenvalue weighted by molar-refractivity contribution is -0.140. The van der Waals surface area contributed by atoms with Crippen LogP contribution in [0.15, 0.2) is 69.6 Å². The number of ether oxygens (including phenoxy) is 3. The van der Waals surface area contributed by atoms with Gasteiger partial charge < -0.3 is 14.2 Å². The zero-order valence-corrected chi connectivity index (χ0v) is 21.1. The summed E-state index contributed by atoms with van der Waals surface area (Å²) in [6, 6.07) is 15.3. The van der Waals surface area contributed by atoms with E-state index in [9.17, 15) is 9.59 Å². The third kappa shape index (κ3) is 5.41. The Bertz CT molecular complexity index is 1530. The Morgan fingerprint density at radius 3 is 2.75 bits per heavy atom. The zero-order valence-electron chi connectivity index (χ0n) is 19.6. The Kier molecular flexibility index (Phi) is 8.00. The molecule has 2 aromatic carbocycles. The number of fused-ring (bicyclic) bond motifs is 1. The average molecular weight is 524 g/mol. The van der Waals surface area contributed by atoms with Gasteiger partial charge in [0.15, 0.2) is 11.4 Å². The molecule has 0 amide bonds. The van der Waals surface area contributed by atoms with Crippen LogP contribution in [0, 0.1) is 11.3 Å². The molecule has 1 aliphatic heterocycles. The van der Waals surface area contributed by atoms with E-state index in [4.69, 9.17) is 31.1 Å². The Balaban J connectivity index is 1.83. The molecule has 184 valence electrons. The number of halogens is 1. The van der Waals surface area contributed by atoms with Gasteiger partial charge in [0, 0.05) is 12.1 Å². The summed E-state index contributed by atoms with van der Waals surface area (Å²) in [5.74, 6) is -0.0427. The SMILES string of the molecule is COCCOC(=O)C1=C(C)N=c2sc(=Cc3cccc(OCC#N)c3)c(=O)n2C1c1ccc(Cl)cc1. The molecule has 1 aromatic heterocycles. The third-order valence-corrected chi connectivity index (χ3v) is 6.64. The second kappa shape index (κ2) is 11.4. The molecule has 0 radical (unpaired) electrons. The van der Waals surface area contributed by atoms with Gasteiger partial charge in [-0.1, -0.05) is 47.2 Å². The van der Waals surface area contributed by atoms with Gasteiger partial charge >= 0.3 is 5.97 Å². The van der Waals surface area contributed by atoms with Crippen LogP contribution >= 0.6 is 22.9 Å². The van der Waals surface area contributed by atoms with Crippen LogP contribution in [0.5, 0.6) is 5.75 Å². The number of nitrogens with zero attached hydrogens (tertiary/aromatic N) is 3. The maximum absolute atomic E-state index is 13.6. The fraction of sp³-hybridized carbons (Fsp3) is 0.231. The summed E-state index contributed by atoms with van der Waals surface area (Å²) >= 11 is 7.32. The summed E-state index contributed by atoms with van der Waals surface area (Å²) in [6.45, 7) is 1.98. The van der Waals surface area contributed by atoms with Crippen LogP contribution in [-0.2, 0) is 14.3 Å². The summed E-state index contributed by atoms with van der Waals surface area (Å²) in [7, 11) is 1.52. The minimum Gasteiger partial charge on any atom is -0.479 e. The predicted molar refractivity (Wildman–Crippen MR) is 136 cm³/mol. The molecule has 8 nitrogen and oxygen atoms in total. The van der Waals surface area contributed by atoms with Gasteiger partial charge in [-0.05, 0) is 48.4 Å². The first-order valence-electron chi connectivity index (χ1n) is 11.0. The van der Waals surface area contributed by atoms with E-state index in [1.165, 1.54) is 23.0 Å². The van der Waals surface area contributed by atoms with E-state index < -0.39 is 12.0 Å². The van der Waals surface area contributed by atoms with Crippen LogP contribution in [0.25, 0.3) is 6.08 Å². The Hall–Kier alpha value is -3.71. The van der Waals surface area contributed by atoms with Crippen molar-refractivity contribution in [2.45, 2.75) is 13.0 Å². The van der Waals surface area contributed by atoms with Crippen LogP contribution in [0.3, 0.4) is 0 Å². The summed E-state index contributed by atoms with van der Waals surface area (Å²) in [5.41, 5.74) is 1.88. The number of benzene rings is 2. The van der Waals surface area contributed by atoms with E-state index in [-0.39, 0.29) is 31.0 Å². The second-order valence-electron chi connectivity index (χ2n) is 7.78. The van der Waals surface area contributed by atoms with Crippen molar-refractivity contribution >= 4 is 35.0 Å². The molecule has 0 spiro atoms. The number of methoxy groups -OCH3 is 1. The molecule has 0 saturated carbocycles. The fourth-order valence-corrected chi connectivity index (χ4v) is 4.97. The molecule has 4 rings (SSSR count). The number of nitriles is 1. The number of hydrogen-bond acceptors (Lipinski definition) is 8. The van der Waals surface area contributed by atoms with E-state index in [0.29, 0.717) is 31.4 Å². The third-order valence-electron chi connectivity index (χ3n) is 5.41. The number of aromatic nitrogens is 1. The molecular weight excluding hydrogens is 502 g/mol. The number of allylic oxidation sites excluding steroid dienone is 1. The molecule has 10 heteroatoms. The van der Waals surface area contributed by atoms with Gasteiger partial charge in [-0.3, -0.25) is 9.36 Å². The summed E-state index contributed by atoms with van der Waals surface area (Å²) in [4.78, 5) is 31.8. The first kappa shape index (κ1) is 25.4. The molecule has 36 heavy (non-hydrogen) atoms. The van der Waals surface area contributed by atoms with Crippen LogP contribution in [0.2, 0.25) is 5.02 Å². The molecule has 0 bridgehead atoms. The first-order valence-corrected chi connectivity index (χ1v) is 12.2. The van der Waals surface area contributed by atoms with Crippen LogP contribution in [-0.4, -0.2) is 37.5 Å². The summed E-state index contributed by atoms with van der Waals surface area (Å²) in [5, 5.41) is 9.29. The highest BCUT2D eigenvalue weighted by Gasteiger charge is 2.33. The smallest absolute Gasteiger partial charge is 0.338 e. The van der Waals surface area contributed by atoms with Gasteiger partial charge in [-0.2, -0.15) is 5.26 Å². The summed E-state index contributed by atoms with van der Waals surface area (Å²) < 4.78 is 17.7. The molecular formula is C26H22ClN3O5S. The van der Waals surface area contributed by atoms with E-state index in [1.807, 2.05) is 12.1 Å². The molecule has 1 unspecified atom stereocenters. The molecule has 1 aliphatic rings. The van der Waals surface area contributed by atoms with Crippen molar-refractivity contribution in [3.8, 4) is 11.8 Å². The van der Waals surface area contributed by atoms with Gasteiger partial charge in [0.25, 0.3) is 5.56 Å². The Morgan fingerprint density at radius 1 is 1.25 bits per heavy atom. The minimum absolute atomic E-state index is 0.0741. The molecule has 0 saturated heterocycles. The number of rotatable bonds is 8. The topological polar surface area (TPSA) is 103 Å². The van der Waals surface area contributed by atoms with Crippen LogP contribution < -0.4 is 19.6 Å². The highest BCUT2D eigenvalue weighted by molar-refractivity contribution is 7.07. The minimum atomic E-state index is -0.735. The largest absolute Gasteiger partial charge is 0.479 e. The van der Waals surface area contributed by atoms with Crippen molar-refractivity contribution in [2.24, 2.45) is 4.99 Å². The number of carbonyl (C=O) groups excluding carboxylic acids is 1. The average Bonchev–Trinajstić information content (AvgIpc) is 3.17. The van der Waals surface area contributed by atoms with Crippen molar-refractivity contribution in [1.82, 2.24) is 4.57 Å². The Labute approximate surface area is 215 Å². The lowest BCUT2D eigenvalue weighted by Crippen LogP contribution is -2.40. The maximum Gasteiger partial charge on any atom is 0.338 e. The molecule has 0 N–H and O–H groups in total. The lowest BCUT2D eigenvalue weighted by Gasteiger charge is -2.24. The summed E-state index contributed by atoms with van der Waals surface area (Å²) in [6.07, 6.45) is 1.73. The predicted octanol–water partition coefficient (Wildman–Crippen LogP) is 2.98. The monoisotopic (exact) mass is 523 g/mol. The molecule has 0 fully saturated rings. The lowest BCUT2D eigenvalue weighted by atomic mass is 9.96. The van der Waals surface area contributed by atoms with Crippen molar-refractivity contribution < 1.29 is 19.0 Å². The second-order valence-corrected chi connectivity index (χ2v) is 9.23. The van der Waals surface area contributed by atoms with Gasteiger partial charge in [0.1, 0.15) is 18.4 Å². The normalized spacial score (nSPS) is 15.2. The maximum atomic E-state index is 13.6. The van der Waals surface area contributed by atoms with E-state index in [1.54, 1.807) is 55.5 Å². The number of esters is 1. The highest BCUT2D eigenvalue weighted by Crippen LogP contribution is 2.31. The molecule has 0 aliphatic carbocycles. The van der Waals surface area contributed by atoms with Gasteiger partial charge in [-0.15, -0.1) is 0 Å². The van der Waals surface area contributed by atoms with Gasteiger partial charge in [0.05, 0.1) is 28.5 Å². The van der Waals surface area contributed by atoms with E-state index in [0.717, 1.165) is 5.56 Å². The zero-order chi connectivity index (χ0) is 25.7. The van der Waals surface area contributed by atoms with Gasteiger partial charge in [-0.25, -0.2) is 9.79 Å². The highest BCUT2D eigenvalue weighted by atomic mass is 35.5. The van der Waals surface area contributed by atoms with Crippen molar-refractivity contribution in [3.05, 3.63) is 95.6 Å². The van der Waals surface area contributed by atoms with E-state index >= 15 is 0 Å². The number of hydrogen-bond donors (Lipinski definition) is 0. The van der Waals surface area contributed by atoms with E-state index in [2.05, 4.69) is 4.99 Å². The number of carbonyl (C=O) groups is 1. The number of thiazole rings is 1. The quantitative estimate of drug-likeness (QED) is 0.332. The van der Waals surface area contributed by atoms with Crippen molar-refractivity contribution in [2.75, 3.05) is 26.9 Å². The fourth-order valence-electron chi connectivity index (χ4n) is 3.80. The van der Waals surface area contributed by atoms with Crippen molar-refractivity contribution in [1.29, 1.82) is 5.26 Å². The molecule has 3 aromatic rings.